The van der Waals surface area contributed by atoms with Gasteiger partial charge in [-0.15, -0.1) is 0 Å². The van der Waals surface area contributed by atoms with E-state index in [1.54, 1.807) is 6.07 Å². The first-order valence-electron chi connectivity index (χ1n) is 11.3. The van der Waals surface area contributed by atoms with E-state index in [0.29, 0.717) is 6.61 Å². The number of benzene rings is 2. The molecule has 2 heterocycles. The highest BCUT2D eigenvalue weighted by Gasteiger charge is 2.44. The summed E-state index contributed by atoms with van der Waals surface area (Å²) in [5, 5.41) is 10.8. The average Bonchev–Trinajstić information content (AvgIpc) is 3.43. The molecule has 34 heavy (non-hydrogen) atoms. The Hall–Kier alpha value is -3.80. The van der Waals surface area contributed by atoms with E-state index in [-0.39, 0.29) is 23.3 Å². The van der Waals surface area contributed by atoms with Crippen molar-refractivity contribution in [1.29, 1.82) is 0 Å². The second-order valence-corrected chi connectivity index (χ2v) is 9.35. The standard InChI is InChI=1S/C28H29NO5/c1-5-33-21-14-8-18(9-15-21)17-29-24(19-10-12-20(13-11-19)28(2,3)4)23(26(31)27(29)32)25(30)22-7-6-16-34-22/h6-16,24,31H,5,17H2,1-4H3. The number of nitrogens with zero attached hydrogens (tertiary/aromatic N) is 1. The van der Waals surface area contributed by atoms with Crippen molar-refractivity contribution in [2.24, 2.45) is 0 Å². The summed E-state index contributed by atoms with van der Waals surface area (Å²) in [6.07, 6.45) is 1.40. The van der Waals surface area contributed by atoms with Gasteiger partial charge in [0.15, 0.2) is 11.5 Å². The van der Waals surface area contributed by atoms with E-state index in [9.17, 15) is 14.7 Å². The molecule has 0 radical (unpaired) electrons. The lowest BCUT2D eigenvalue weighted by molar-refractivity contribution is -0.130. The van der Waals surface area contributed by atoms with Gasteiger partial charge in [0.25, 0.3) is 5.91 Å². The smallest absolute Gasteiger partial charge is 0.290 e. The van der Waals surface area contributed by atoms with Crippen molar-refractivity contribution in [2.45, 2.75) is 45.7 Å². The molecule has 0 fully saturated rings. The van der Waals surface area contributed by atoms with Crippen LogP contribution in [0.2, 0.25) is 0 Å². The second-order valence-electron chi connectivity index (χ2n) is 9.35. The van der Waals surface area contributed by atoms with E-state index in [2.05, 4.69) is 20.8 Å². The zero-order chi connectivity index (χ0) is 24.5. The fourth-order valence-corrected chi connectivity index (χ4v) is 4.16. The van der Waals surface area contributed by atoms with Crippen molar-refractivity contribution < 1.29 is 23.8 Å². The van der Waals surface area contributed by atoms with Crippen molar-refractivity contribution in [3.63, 3.8) is 0 Å². The number of rotatable bonds is 7. The molecular formula is C28H29NO5. The molecule has 1 N–H and O–H groups in total. The van der Waals surface area contributed by atoms with Crippen LogP contribution in [0.25, 0.3) is 0 Å². The molecule has 0 saturated carbocycles. The molecule has 4 rings (SSSR count). The highest BCUT2D eigenvalue weighted by atomic mass is 16.5. The number of aliphatic hydroxyl groups excluding tert-OH is 1. The van der Waals surface area contributed by atoms with Gasteiger partial charge in [-0.25, -0.2) is 0 Å². The molecule has 0 saturated heterocycles. The van der Waals surface area contributed by atoms with Gasteiger partial charge in [0.05, 0.1) is 24.5 Å². The van der Waals surface area contributed by atoms with Crippen molar-refractivity contribution in [3.8, 4) is 5.75 Å². The Morgan fingerprint density at radius 3 is 2.29 bits per heavy atom. The molecule has 0 spiro atoms. The van der Waals surface area contributed by atoms with Gasteiger partial charge >= 0.3 is 0 Å². The molecule has 0 bridgehead atoms. The van der Waals surface area contributed by atoms with Crippen LogP contribution in [0.4, 0.5) is 0 Å². The van der Waals surface area contributed by atoms with Crippen LogP contribution in [0.5, 0.6) is 5.75 Å². The third-order valence-corrected chi connectivity index (χ3v) is 5.97. The number of furan rings is 1. The van der Waals surface area contributed by atoms with Gasteiger partial charge in [0, 0.05) is 6.54 Å². The number of aliphatic hydroxyl groups is 1. The number of carbonyl (C=O) groups is 2. The van der Waals surface area contributed by atoms with Crippen LogP contribution in [0.3, 0.4) is 0 Å². The van der Waals surface area contributed by atoms with Gasteiger partial charge in [-0.2, -0.15) is 0 Å². The van der Waals surface area contributed by atoms with Crippen LogP contribution in [0, 0.1) is 0 Å². The molecule has 0 aliphatic carbocycles. The van der Waals surface area contributed by atoms with E-state index >= 15 is 0 Å². The van der Waals surface area contributed by atoms with E-state index in [1.807, 2.05) is 55.5 Å². The topological polar surface area (TPSA) is 80.0 Å². The highest BCUT2D eigenvalue weighted by Crippen LogP contribution is 2.40. The van der Waals surface area contributed by atoms with Crippen LogP contribution in [0.15, 0.2) is 82.7 Å². The Morgan fingerprint density at radius 1 is 1.06 bits per heavy atom. The largest absolute Gasteiger partial charge is 0.503 e. The van der Waals surface area contributed by atoms with Crippen molar-refractivity contribution in [3.05, 3.63) is 101 Å². The molecule has 3 aromatic rings. The summed E-state index contributed by atoms with van der Waals surface area (Å²) in [5.74, 6) is -0.822. The minimum Gasteiger partial charge on any atom is -0.503 e. The maximum absolute atomic E-state index is 13.3. The molecular weight excluding hydrogens is 430 g/mol. The SMILES string of the molecule is CCOc1ccc(CN2C(=O)C(O)=C(C(=O)c3ccco3)C2c2ccc(C(C)(C)C)cc2)cc1. The van der Waals surface area contributed by atoms with Crippen molar-refractivity contribution >= 4 is 11.7 Å². The number of Topliss-reactive ketones (excluding diaryl/α,β-unsaturated/α-hetero) is 1. The number of carbonyl (C=O) groups excluding carboxylic acids is 2. The molecule has 2 aromatic carbocycles. The first-order valence-corrected chi connectivity index (χ1v) is 11.3. The third kappa shape index (κ3) is 4.49. The first kappa shape index (κ1) is 23.4. The Morgan fingerprint density at radius 2 is 1.74 bits per heavy atom. The van der Waals surface area contributed by atoms with Gasteiger partial charge in [-0.05, 0) is 53.3 Å². The third-order valence-electron chi connectivity index (χ3n) is 5.97. The monoisotopic (exact) mass is 459 g/mol. The Balaban J connectivity index is 1.74. The molecule has 1 amide bonds. The lowest BCUT2D eigenvalue weighted by atomic mass is 9.85. The van der Waals surface area contributed by atoms with Crippen LogP contribution in [-0.4, -0.2) is 28.3 Å². The first-order chi connectivity index (χ1) is 16.2. The fraction of sp³-hybridized carbons (Fsp3) is 0.286. The number of hydrogen-bond donors (Lipinski definition) is 1. The summed E-state index contributed by atoms with van der Waals surface area (Å²) in [4.78, 5) is 28.0. The summed E-state index contributed by atoms with van der Waals surface area (Å²) < 4.78 is 10.8. The minimum atomic E-state index is -0.745. The molecule has 1 aliphatic heterocycles. The molecule has 6 heteroatoms. The van der Waals surface area contributed by atoms with Gasteiger partial charge in [0.1, 0.15) is 5.75 Å². The predicted octanol–water partition coefficient (Wildman–Crippen LogP) is 5.75. The zero-order valence-corrected chi connectivity index (χ0v) is 19.9. The van der Waals surface area contributed by atoms with Gasteiger partial charge < -0.3 is 19.2 Å². The van der Waals surface area contributed by atoms with Crippen LogP contribution >= 0.6 is 0 Å². The number of hydrogen-bond acceptors (Lipinski definition) is 5. The van der Waals surface area contributed by atoms with Gasteiger partial charge in [-0.3, -0.25) is 9.59 Å². The second kappa shape index (κ2) is 9.21. The van der Waals surface area contributed by atoms with E-state index in [0.717, 1.165) is 22.4 Å². The maximum atomic E-state index is 13.3. The molecule has 1 unspecified atom stereocenters. The zero-order valence-electron chi connectivity index (χ0n) is 19.9. The number of amides is 1. The number of ether oxygens (including phenoxy) is 1. The van der Waals surface area contributed by atoms with E-state index < -0.39 is 23.5 Å². The van der Waals surface area contributed by atoms with Crippen molar-refractivity contribution in [1.82, 2.24) is 4.90 Å². The summed E-state index contributed by atoms with van der Waals surface area (Å²) in [6, 6.07) is 17.7. The van der Waals surface area contributed by atoms with Crippen molar-refractivity contribution in [2.75, 3.05) is 6.61 Å². The summed E-state index contributed by atoms with van der Waals surface area (Å²) in [7, 11) is 0. The molecule has 6 nitrogen and oxygen atoms in total. The Labute approximate surface area is 199 Å². The summed E-state index contributed by atoms with van der Waals surface area (Å²) >= 11 is 0. The highest BCUT2D eigenvalue weighted by molar-refractivity contribution is 6.15. The van der Waals surface area contributed by atoms with Crippen LogP contribution in [-0.2, 0) is 16.8 Å². The molecule has 1 atom stereocenters. The minimum absolute atomic E-state index is 0.0226. The lowest BCUT2D eigenvalue weighted by Crippen LogP contribution is -2.30. The Bertz CT molecular complexity index is 1200. The fourth-order valence-electron chi connectivity index (χ4n) is 4.16. The van der Waals surface area contributed by atoms with Gasteiger partial charge in [-0.1, -0.05) is 57.2 Å². The molecule has 176 valence electrons. The molecule has 1 aromatic heterocycles. The maximum Gasteiger partial charge on any atom is 0.290 e. The van der Waals surface area contributed by atoms with Crippen LogP contribution in [0.1, 0.15) is 61.0 Å². The average molecular weight is 460 g/mol. The Kier molecular flexibility index (Phi) is 6.33. The van der Waals surface area contributed by atoms with E-state index in [4.69, 9.17) is 9.15 Å². The number of ketones is 1. The normalized spacial score (nSPS) is 16.3. The summed E-state index contributed by atoms with van der Waals surface area (Å²) in [5.41, 5.74) is 2.70. The summed E-state index contributed by atoms with van der Waals surface area (Å²) in [6.45, 7) is 9.06. The molecule has 1 aliphatic rings. The van der Waals surface area contributed by atoms with E-state index in [1.165, 1.54) is 17.2 Å². The van der Waals surface area contributed by atoms with Gasteiger partial charge in [0.2, 0.25) is 5.78 Å². The predicted molar refractivity (Wildman–Crippen MR) is 129 cm³/mol. The quantitative estimate of drug-likeness (QED) is 0.455. The lowest BCUT2D eigenvalue weighted by Gasteiger charge is -2.28. The van der Waals surface area contributed by atoms with Crippen LogP contribution < -0.4 is 4.74 Å².